The van der Waals surface area contributed by atoms with E-state index in [-0.39, 0.29) is 30.1 Å². The van der Waals surface area contributed by atoms with Crippen LogP contribution < -0.4 is 9.47 Å². The molecular weight excluding hydrogens is 394 g/mol. The van der Waals surface area contributed by atoms with Crippen LogP contribution >= 0.6 is 0 Å². The normalized spacial score (nSPS) is 19.4. The van der Waals surface area contributed by atoms with Crippen molar-refractivity contribution in [1.82, 2.24) is 4.90 Å². The molecule has 1 aliphatic carbocycles. The lowest BCUT2D eigenvalue weighted by Gasteiger charge is -2.33. The number of ether oxygens (including phenoxy) is 3. The minimum atomic E-state index is -2.94. The van der Waals surface area contributed by atoms with Gasteiger partial charge in [0, 0.05) is 31.5 Å². The van der Waals surface area contributed by atoms with Gasteiger partial charge in [0.2, 0.25) is 0 Å². The largest absolute Gasteiger partial charge is 0.487 e. The van der Waals surface area contributed by atoms with Gasteiger partial charge in [0.25, 0.3) is 5.54 Å². The molecule has 1 aromatic carbocycles. The van der Waals surface area contributed by atoms with Crippen molar-refractivity contribution in [3.05, 3.63) is 35.2 Å². The summed E-state index contributed by atoms with van der Waals surface area (Å²) in [5.74, 6) is 0.00534. The van der Waals surface area contributed by atoms with Crippen LogP contribution in [-0.4, -0.2) is 49.8 Å². The molecule has 1 aromatic rings. The Balaban J connectivity index is 1.77. The summed E-state index contributed by atoms with van der Waals surface area (Å²) in [6.45, 7) is 8.37. The smallest absolute Gasteiger partial charge is 0.387 e. The van der Waals surface area contributed by atoms with Crippen LogP contribution in [-0.2, 0) is 15.1 Å². The van der Waals surface area contributed by atoms with Crippen molar-refractivity contribution in [2.24, 2.45) is 0 Å². The van der Waals surface area contributed by atoms with Gasteiger partial charge in [-0.05, 0) is 50.8 Å². The number of likely N-dealkylation sites (tertiary alicyclic amines) is 1. The van der Waals surface area contributed by atoms with E-state index in [4.69, 9.17) is 16.0 Å². The van der Waals surface area contributed by atoms with Gasteiger partial charge in [-0.15, -0.1) is 0 Å². The van der Waals surface area contributed by atoms with Gasteiger partial charge in [-0.3, -0.25) is 9.69 Å². The number of piperidine rings is 1. The zero-order valence-corrected chi connectivity index (χ0v) is 17.2. The SMILES string of the molecule is [C-]#[N+]C1(c2ccc(OC(F)F)c(OC3CCCC3)c2)CCN(CC(=O)OCC)CC1. The first-order chi connectivity index (χ1) is 14.5. The lowest BCUT2D eigenvalue weighted by molar-refractivity contribution is -0.144. The summed E-state index contributed by atoms with van der Waals surface area (Å²) >= 11 is 0. The summed E-state index contributed by atoms with van der Waals surface area (Å²) in [7, 11) is 0. The van der Waals surface area contributed by atoms with Gasteiger partial charge in [-0.25, -0.2) is 6.57 Å². The topological polar surface area (TPSA) is 52.4 Å². The van der Waals surface area contributed by atoms with Crippen molar-refractivity contribution in [3.8, 4) is 11.5 Å². The molecular formula is C22H28F2N2O4. The highest BCUT2D eigenvalue weighted by Crippen LogP contribution is 2.42. The van der Waals surface area contributed by atoms with Crippen molar-refractivity contribution in [1.29, 1.82) is 0 Å². The molecule has 8 heteroatoms. The number of carbonyl (C=O) groups excluding carboxylic acids is 1. The molecule has 164 valence electrons. The van der Waals surface area contributed by atoms with Crippen LogP contribution in [0.4, 0.5) is 8.78 Å². The highest BCUT2D eigenvalue weighted by molar-refractivity contribution is 5.71. The Hall–Kier alpha value is -2.40. The number of alkyl halides is 2. The predicted octanol–water partition coefficient (Wildman–Crippen LogP) is 4.38. The Morgan fingerprint density at radius 3 is 2.57 bits per heavy atom. The van der Waals surface area contributed by atoms with E-state index in [1.165, 1.54) is 6.07 Å². The Morgan fingerprint density at radius 1 is 1.27 bits per heavy atom. The van der Waals surface area contributed by atoms with Gasteiger partial charge in [0.1, 0.15) is 0 Å². The van der Waals surface area contributed by atoms with Gasteiger partial charge in [0.15, 0.2) is 11.5 Å². The van der Waals surface area contributed by atoms with E-state index >= 15 is 0 Å². The molecule has 1 saturated carbocycles. The van der Waals surface area contributed by atoms with Gasteiger partial charge in [-0.2, -0.15) is 8.78 Å². The van der Waals surface area contributed by atoms with Gasteiger partial charge in [-0.1, -0.05) is 0 Å². The number of esters is 1. The molecule has 6 nitrogen and oxygen atoms in total. The van der Waals surface area contributed by atoms with Crippen molar-refractivity contribution < 1.29 is 27.8 Å². The van der Waals surface area contributed by atoms with Gasteiger partial charge in [0.05, 0.1) is 19.3 Å². The Kier molecular flexibility index (Phi) is 7.48. The summed E-state index contributed by atoms with van der Waals surface area (Å²) in [6, 6.07) is 4.84. The summed E-state index contributed by atoms with van der Waals surface area (Å²) in [5, 5.41) is 0. The minimum absolute atomic E-state index is 0.000489. The number of rotatable bonds is 8. The monoisotopic (exact) mass is 422 g/mol. The van der Waals surface area contributed by atoms with E-state index in [1.807, 2.05) is 4.90 Å². The molecule has 1 heterocycles. The summed E-state index contributed by atoms with van der Waals surface area (Å²) in [6.07, 6.45) is 4.93. The first-order valence-corrected chi connectivity index (χ1v) is 10.5. The fraction of sp³-hybridized carbons (Fsp3) is 0.636. The maximum atomic E-state index is 12.8. The van der Waals surface area contributed by atoms with E-state index in [9.17, 15) is 13.6 Å². The molecule has 0 atom stereocenters. The number of nitrogens with zero attached hydrogens (tertiary/aromatic N) is 2. The summed E-state index contributed by atoms with van der Waals surface area (Å²) < 4.78 is 41.3. The van der Waals surface area contributed by atoms with Gasteiger partial charge >= 0.3 is 12.6 Å². The molecule has 0 radical (unpaired) electrons. The third-order valence-electron chi connectivity index (χ3n) is 5.85. The summed E-state index contributed by atoms with van der Waals surface area (Å²) in [5.41, 5.74) is -0.0367. The van der Waals surface area contributed by atoms with E-state index in [2.05, 4.69) is 9.58 Å². The third kappa shape index (κ3) is 5.39. The average Bonchev–Trinajstić information content (AvgIpc) is 3.23. The molecule has 0 bridgehead atoms. The second kappa shape index (κ2) is 10.1. The molecule has 3 rings (SSSR count). The van der Waals surface area contributed by atoms with E-state index in [0.717, 1.165) is 31.2 Å². The number of hydrogen-bond donors (Lipinski definition) is 0. The molecule has 2 fully saturated rings. The van der Waals surface area contributed by atoms with Gasteiger partial charge < -0.3 is 19.1 Å². The van der Waals surface area contributed by atoms with Crippen LogP contribution in [0.3, 0.4) is 0 Å². The standard InChI is InChI=1S/C22H28F2N2O4/c1-3-28-20(27)15-26-12-10-22(25-2,11-13-26)16-8-9-18(30-21(23)24)19(14-16)29-17-6-4-5-7-17/h8-9,14,17,21H,3-7,10-13,15H2,1H3. The second-order valence-corrected chi connectivity index (χ2v) is 7.79. The number of benzene rings is 1. The zero-order valence-electron chi connectivity index (χ0n) is 17.2. The highest BCUT2D eigenvalue weighted by Gasteiger charge is 2.43. The Morgan fingerprint density at radius 2 is 1.97 bits per heavy atom. The Bertz CT molecular complexity index is 767. The van der Waals surface area contributed by atoms with Crippen molar-refractivity contribution >= 4 is 5.97 Å². The second-order valence-electron chi connectivity index (χ2n) is 7.79. The van der Waals surface area contributed by atoms with Crippen LogP contribution in [0.1, 0.15) is 51.0 Å². The van der Waals surface area contributed by atoms with Crippen LogP contribution in [0.2, 0.25) is 0 Å². The van der Waals surface area contributed by atoms with E-state index in [1.54, 1.807) is 19.1 Å². The highest BCUT2D eigenvalue weighted by atomic mass is 19.3. The number of halogens is 2. The third-order valence-corrected chi connectivity index (χ3v) is 5.85. The molecule has 1 saturated heterocycles. The van der Waals surface area contributed by atoms with E-state index < -0.39 is 12.2 Å². The van der Waals surface area contributed by atoms with Crippen molar-refractivity contribution in [2.45, 2.75) is 63.7 Å². The van der Waals surface area contributed by atoms with Crippen molar-refractivity contribution in [2.75, 3.05) is 26.2 Å². The fourth-order valence-corrected chi connectivity index (χ4v) is 4.20. The van der Waals surface area contributed by atoms with Crippen LogP contribution in [0.15, 0.2) is 18.2 Å². The van der Waals surface area contributed by atoms with Crippen molar-refractivity contribution in [3.63, 3.8) is 0 Å². The molecule has 0 unspecified atom stereocenters. The molecule has 0 N–H and O–H groups in total. The average molecular weight is 422 g/mol. The number of carbonyl (C=O) groups is 1. The maximum absolute atomic E-state index is 12.8. The molecule has 0 spiro atoms. The molecule has 1 aliphatic heterocycles. The van der Waals surface area contributed by atoms with Crippen LogP contribution in [0.5, 0.6) is 11.5 Å². The first kappa shape index (κ1) is 22.3. The summed E-state index contributed by atoms with van der Waals surface area (Å²) in [4.78, 5) is 17.6. The lowest BCUT2D eigenvalue weighted by Crippen LogP contribution is -2.43. The van der Waals surface area contributed by atoms with E-state index in [0.29, 0.717) is 32.5 Å². The molecule has 2 aliphatic rings. The first-order valence-electron chi connectivity index (χ1n) is 10.5. The molecule has 0 amide bonds. The van der Waals surface area contributed by atoms with Crippen LogP contribution in [0, 0.1) is 6.57 Å². The quantitative estimate of drug-likeness (QED) is 0.460. The maximum Gasteiger partial charge on any atom is 0.387 e. The number of hydrogen-bond acceptors (Lipinski definition) is 5. The Labute approximate surface area is 175 Å². The fourth-order valence-electron chi connectivity index (χ4n) is 4.20. The predicted molar refractivity (Wildman–Crippen MR) is 107 cm³/mol. The minimum Gasteiger partial charge on any atom is -0.487 e. The molecule has 30 heavy (non-hydrogen) atoms. The zero-order chi connectivity index (χ0) is 21.6. The molecule has 0 aromatic heterocycles. The van der Waals surface area contributed by atoms with Crippen LogP contribution in [0.25, 0.3) is 4.85 Å². The lowest BCUT2D eigenvalue weighted by atomic mass is 9.81.